The number of nitrogens with zero attached hydrogens (tertiary/aromatic N) is 1. The summed E-state index contributed by atoms with van der Waals surface area (Å²) in [5.41, 5.74) is 2.38. The van der Waals surface area contributed by atoms with Crippen molar-refractivity contribution in [2.75, 3.05) is 0 Å². The molecule has 1 aromatic carbocycles. The van der Waals surface area contributed by atoms with Crippen LogP contribution in [0, 0.1) is 5.41 Å². The van der Waals surface area contributed by atoms with Gasteiger partial charge in [0.25, 0.3) is 0 Å². The zero-order valence-electron chi connectivity index (χ0n) is 11.2. The van der Waals surface area contributed by atoms with E-state index < -0.39 is 0 Å². The van der Waals surface area contributed by atoms with Crippen molar-refractivity contribution in [1.82, 2.24) is 4.90 Å². The molecule has 1 heterocycles. The summed E-state index contributed by atoms with van der Waals surface area (Å²) >= 11 is 6.01. The van der Waals surface area contributed by atoms with Gasteiger partial charge in [-0.05, 0) is 37.0 Å². The molecule has 0 radical (unpaired) electrons. The van der Waals surface area contributed by atoms with E-state index in [4.69, 9.17) is 11.6 Å². The second-order valence-electron chi connectivity index (χ2n) is 5.83. The number of allylic oxidation sites excluding steroid dienone is 2. The molecule has 1 saturated heterocycles. The van der Waals surface area contributed by atoms with E-state index in [0.717, 1.165) is 23.4 Å². The normalized spacial score (nSPS) is 26.3. The highest BCUT2D eigenvalue weighted by molar-refractivity contribution is 6.30. The zero-order valence-corrected chi connectivity index (χ0v) is 11.9. The first-order valence-corrected chi connectivity index (χ1v) is 7.22. The molecule has 0 N–H and O–H groups in total. The van der Waals surface area contributed by atoms with Gasteiger partial charge in [0, 0.05) is 22.6 Å². The number of benzene rings is 1. The third kappa shape index (κ3) is 2.30. The number of likely N-dealkylation sites (tertiary alicyclic amines) is 1. The van der Waals surface area contributed by atoms with Gasteiger partial charge in [-0.15, -0.1) is 0 Å². The van der Waals surface area contributed by atoms with Crippen LogP contribution in [0.2, 0.25) is 5.02 Å². The van der Waals surface area contributed by atoms with Gasteiger partial charge in [-0.2, -0.15) is 0 Å². The molecule has 0 saturated carbocycles. The molecule has 1 amide bonds. The summed E-state index contributed by atoms with van der Waals surface area (Å²) in [5, 5.41) is 0.726. The molecule has 2 nitrogen and oxygen atoms in total. The first-order valence-electron chi connectivity index (χ1n) is 6.84. The highest BCUT2D eigenvalue weighted by atomic mass is 35.5. The van der Waals surface area contributed by atoms with Crippen molar-refractivity contribution in [1.29, 1.82) is 0 Å². The molecule has 1 atom stereocenters. The van der Waals surface area contributed by atoms with Crippen LogP contribution in [0.15, 0.2) is 36.0 Å². The van der Waals surface area contributed by atoms with Crippen molar-refractivity contribution in [3.05, 3.63) is 46.6 Å². The maximum absolute atomic E-state index is 12.3. The van der Waals surface area contributed by atoms with E-state index in [-0.39, 0.29) is 11.3 Å². The van der Waals surface area contributed by atoms with Crippen LogP contribution in [0.4, 0.5) is 0 Å². The van der Waals surface area contributed by atoms with Crippen LogP contribution in [-0.4, -0.2) is 10.8 Å². The summed E-state index contributed by atoms with van der Waals surface area (Å²) in [6.45, 7) is 2.86. The predicted molar refractivity (Wildman–Crippen MR) is 76.7 cm³/mol. The average Bonchev–Trinajstić information content (AvgIpc) is 2.61. The van der Waals surface area contributed by atoms with E-state index in [0.29, 0.717) is 13.0 Å². The molecule has 2 aliphatic rings. The van der Waals surface area contributed by atoms with Gasteiger partial charge in [0.1, 0.15) is 0 Å². The molecule has 3 rings (SSSR count). The molecule has 100 valence electrons. The summed E-state index contributed by atoms with van der Waals surface area (Å²) in [4.78, 5) is 14.2. The van der Waals surface area contributed by atoms with Gasteiger partial charge < -0.3 is 4.90 Å². The minimum atomic E-state index is 0.0634. The maximum atomic E-state index is 12.3. The van der Waals surface area contributed by atoms with Crippen molar-refractivity contribution >= 4 is 17.5 Å². The minimum Gasteiger partial charge on any atom is -0.312 e. The van der Waals surface area contributed by atoms with Gasteiger partial charge in [-0.25, -0.2) is 0 Å². The SMILES string of the molecule is CC12CCCC=C1N(Cc1cccc(Cl)c1)C(=O)C2. The molecule has 1 unspecified atom stereocenters. The van der Waals surface area contributed by atoms with E-state index in [9.17, 15) is 4.79 Å². The van der Waals surface area contributed by atoms with E-state index in [1.54, 1.807) is 0 Å². The molecule has 1 aliphatic heterocycles. The molecular weight excluding hydrogens is 258 g/mol. The van der Waals surface area contributed by atoms with Crippen LogP contribution in [0.3, 0.4) is 0 Å². The minimum absolute atomic E-state index is 0.0634. The number of fused-ring (bicyclic) bond motifs is 1. The molecule has 0 spiro atoms. The topological polar surface area (TPSA) is 20.3 Å². The van der Waals surface area contributed by atoms with Crippen LogP contribution in [0.1, 0.15) is 38.2 Å². The number of amides is 1. The molecule has 3 heteroatoms. The van der Waals surface area contributed by atoms with Crippen molar-refractivity contribution in [2.45, 2.75) is 39.2 Å². The summed E-state index contributed by atoms with van der Waals surface area (Å²) in [5.74, 6) is 0.246. The molecular formula is C16H18ClNO. The second kappa shape index (κ2) is 4.68. The lowest BCUT2D eigenvalue weighted by Crippen LogP contribution is -2.26. The van der Waals surface area contributed by atoms with E-state index in [1.807, 2.05) is 29.2 Å². The fraction of sp³-hybridized carbons (Fsp3) is 0.438. The lowest BCUT2D eigenvalue weighted by molar-refractivity contribution is -0.127. The molecule has 0 aromatic heterocycles. The monoisotopic (exact) mass is 275 g/mol. The molecule has 19 heavy (non-hydrogen) atoms. The summed E-state index contributed by atoms with van der Waals surface area (Å²) in [6, 6.07) is 7.76. The number of hydrogen-bond acceptors (Lipinski definition) is 1. The third-order valence-electron chi connectivity index (χ3n) is 4.25. The van der Waals surface area contributed by atoms with Gasteiger partial charge >= 0.3 is 0 Å². The van der Waals surface area contributed by atoms with Crippen molar-refractivity contribution < 1.29 is 4.79 Å². The van der Waals surface area contributed by atoms with Gasteiger partial charge in [0.05, 0.1) is 6.54 Å². The summed E-state index contributed by atoms with van der Waals surface area (Å²) in [6.07, 6.45) is 6.30. The summed E-state index contributed by atoms with van der Waals surface area (Å²) in [7, 11) is 0. The number of rotatable bonds is 2. The van der Waals surface area contributed by atoms with Gasteiger partial charge in [-0.3, -0.25) is 4.79 Å². The first kappa shape index (κ1) is 12.7. The predicted octanol–water partition coefficient (Wildman–Crippen LogP) is 4.15. The highest BCUT2D eigenvalue weighted by Gasteiger charge is 2.44. The Morgan fingerprint density at radius 1 is 1.42 bits per heavy atom. The largest absolute Gasteiger partial charge is 0.312 e. The van der Waals surface area contributed by atoms with Crippen molar-refractivity contribution in [2.24, 2.45) is 5.41 Å². The Hall–Kier alpha value is -1.28. The average molecular weight is 276 g/mol. The smallest absolute Gasteiger partial charge is 0.227 e. The van der Waals surface area contributed by atoms with Crippen molar-refractivity contribution in [3.63, 3.8) is 0 Å². The van der Waals surface area contributed by atoms with Crippen LogP contribution in [-0.2, 0) is 11.3 Å². The molecule has 0 bridgehead atoms. The third-order valence-corrected chi connectivity index (χ3v) is 4.49. The summed E-state index contributed by atoms with van der Waals surface area (Å²) < 4.78 is 0. The fourth-order valence-electron chi connectivity index (χ4n) is 3.28. The molecule has 1 aliphatic carbocycles. The lowest BCUT2D eigenvalue weighted by atomic mass is 9.77. The fourth-order valence-corrected chi connectivity index (χ4v) is 3.49. The zero-order chi connectivity index (χ0) is 13.5. The molecule has 1 fully saturated rings. The Balaban J connectivity index is 1.88. The number of halogens is 1. The van der Waals surface area contributed by atoms with Crippen molar-refractivity contribution in [3.8, 4) is 0 Å². The number of carbonyl (C=O) groups is 1. The Kier molecular flexibility index (Phi) is 3.14. The van der Waals surface area contributed by atoms with Gasteiger partial charge in [0.2, 0.25) is 5.91 Å². The Morgan fingerprint density at radius 3 is 3.05 bits per heavy atom. The Labute approximate surface area is 119 Å². The van der Waals surface area contributed by atoms with E-state index >= 15 is 0 Å². The highest BCUT2D eigenvalue weighted by Crippen LogP contribution is 2.47. The van der Waals surface area contributed by atoms with Gasteiger partial charge in [-0.1, -0.05) is 36.7 Å². The van der Waals surface area contributed by atoms with Crippen LogP contribution < -0.4 is 0 Å². The Morgan fingerprint density at radius 2 is 2.26 bits per heavy atom. The molecule has 1 aromatic rings. The number of carbonyl (C=O) groups excluding carboxylic acids is 1. The first-order chi connectivity index (χ1) is 9.08. The maximum Gasteiger partial charge on any atom is 0.227 e. The van der Waals surface area contributed by atoms with Crippen LogP contribution >= 0.6 is 11.6 Å². The van der Waals surface area contributed by atoms with E-state index in [1.165, 1.54) is 12.1 Å². The quantitative estimate of drug-likeness (QED) is 0.794. The standard InChI is InChI=1S/C16H18ClNO/c1-16-8-3-2-7-14(16)18(15(19)10-16)11-12-5-4-6-13(17)9-12/h4-7,9H,2-3,8,10-11H2,1H3. The lowest BCUT2D eigenvalue weighted by Gasteiger charge is -2.31. The second-order valence-corrected chi connectivity index (χ2v) is 6.27. The van der Waals surface area contributed by atoms with Crippen LogP contribution in [0.25, 0.3) is 0 Å². The number of hydrogen-bond donors (Lipinski definition) is 0. The van der Waals surface area contributed by atoms with Crippen LogP contribution in [0.5, 0.6) is 0 Å². The Bertz CT molecular complexity index is 551. The van der Waals surface area contributed by atoms with E-state index in [2.05, 4.69) is 13.0 Å². The van der Waals surface area contributed by atoms with Gasteiger partial charge in [0.15, 0.2) is 0 Å².